The van der Waals surface area contributed by atoms with Crippen LogP contribution in [0.15, 0.2) is 18.3 Å². The molecule has 4 nitrogen and oxygen atoms in total. The van der Waals surface area contributed by atoms with Crippen LogP contribution in [0.25, 0.3) is 0 Å². The number of nitrogen functional groups attached to an aromatic ring is 1. The fourth-order valence-electron chi connectivity index (χ4n) is 1.40. The van der Waals surface area contributed by atoms with Gasteiger partial charge in [0.2, 0.25) is 5.91 Å². The average Bonchev–Trinajstić information content (AvgIpc) is 2.87. The molecule has 0 saturated heterocycles. The smallest absolute Gasteiger partial charge is 0.227 e. The molecule has 1 aromatic heterocycles. The Morgan fingerprint density at radius 1 is 1.64 bits per heavy atom. The van der Waals surface area contributed by atoms with E-state index in [4.69, 9.17) is 5.73 Å². The Morgan fingerprint density at radius 3 is 2.86 bits per heavy atom. The van der Waals surface area contributed by atoms with E-state index in [-0.39, 0.29) is 11.8 Å². The Morgan fingerprint density at radius 2 is 2.36 bits per heavy atom. The molecule has 1 heterocycles. The van der Waals surface area contributed by atoms with Crippen LogP contribution in [0.4, 0.5) is 11.5 Å². The maximum Gasteiger partial charge on any atom is 0.227 e. The van der Waals surface area contributed by atoms with Crippen molar-refractivity contribution in [2.45, 2.75) is 13.3 Å². The van der Waals surface area contributed by atoms with Crippen LogP contribution < -0.4 is 11.1 Å². The van der Waals surface area contributed by atoms with Gasteiger partial charge < -0.3 is 11.1 Å². The molecule has 1 fully saturated rings. The lowest BCUT2D eigenvalue weighted by atomic mass is 10.3. The minimum Gasteiger partial charge on any atom is -0.384 e. The SMILES string of the molecule is CC1CC1C(=O)Nc1ccc(N)nc1. The molecule has 0 aromatic carbocycles. The third kappa shape index (κ3) is 1.84. The summed E-state index contributed by atoms with van der Waals surface area (Å²) >= 11 is 0. The van der Waals surface area contributed by atoms with Crippen molar-refractivity contribution in [2.24, 2.45) is 11.8 Å². The molecule has 1 saturated carbocycles. The molecule has 4 heteroatoms. The minimum atomic E-state index is 0.0871. The van der Waals surface area contributed by atoms with E-state index in [2.05, 4.69) is 17.2 Å². The van der Waals surface area contributed by atoms with Crippen molar-refractivity contribution in [3.63, 3.8) is 0 Å². The molecule has 1 amide bonds. The lowest BCUT2D eigenvalue weighted by Crippen LogP contribution is -2.14. The maximum atomic E-state index is 11.5. The number of nitrogens with one attached hydrogen (secondary N) is 1. The fraction of sp³-hybridized carbons (Fsp3) is 0.400. The van der Waals surface area contributed by atoms with Crippen LogP contribution in [0.5, 0.6) is 0 Å². The van der Waals surface area contributed by atoms with Gasteiger partial charge in [-0.2, -0.15) is 0 Å². The second-order valence-corrected chi connectivity index (χ2v) is 3.78. The van der Waals surface area contributed by atoms with Crippen LogP contribution in [0.2, 0.25) is 0 Å². The topological polar surface area (TPSA) is 68.0 Å². The lowest BCUT2D eigenvalue weighted by Gasteiger charge is -2.03. The first-order chi connectivity index (χ1) is 6.66. The molecular weight excluding hydrogens is 178 g/mol. The van der Waals surface area contributed by atoms with Crippen molar-refractivity contribution in [1.82, 2.24) is 4.98 Å². The Hall–Kier alpha value is -1.58. The number of pyridine rings is 1. The Balaban J connectivity index is 1.97. The van der Waals surface area contributed by atoms with Gasteiger partial charge in [0.05, 0.1) is 11.9 Å². The van der Waals surface area contributed by atoms with Gasteiger partial charge in [0, 0.05) is 5.92 Å². The largest absolute Gasteiger partial charge is 0.384 e. The zero-order valence-electron chi connectivity index (χ0n) is 8.03. The van der Waals surface area contributed by atoms with E-state index in [1.807, 2.05) is 0 Å². The molecule has 0 spiro atoms. The van der Waals surface area contributed by atoms with Gasteiger partial charge in [-0.3, -0.25) is 4.79 Å². The predicted molar refractivity (Wildman–Crippen MR) is 54.6 cm³/mol. The van der Waals surface area contributed by atoms with Gasteiger partial charge in [0.25, 0.3) is 0 Å². The molecule has 0 radical (unpaired) electrons. The Kier molecular flexibility index (Phi) is 2.11. The summed E-state index contributed by atoms with van der Waals surface area (Å²) in [7, 11) is 0. The first kappa shape index (κ1) is 8.99. The molecular formula is C10H13N3O. The van der Waals surface area contributed by atoms with Crippen molar-refractivity contribution in [1.29, 1.82) is 0 Å². The van der Waals surface area contributed by atoms with E-state index in [1.165, 1.54) is 0 Å². The van der Waals surface area contributed by atoms with E-state index < -0.39 is 0 Å². The number of hydrogen-bond donors (Lipinski definition) is 2. The molecule has 2 atom stereocenters. The summed E-state index contributed by atoms with van der Waals surface area (Å²) < 4.78 is 0. The van der Waals surface area contributed by atoms with Gasteiger partial charge in [0.1, 0.15) is 5.82 Å². The van der Waals surface area contributed by atoms with Crippen molar-refractivity contribution in [3.8, 4) is 0 Å². The summed E-state index contributed by atoms with van der Waals surface area (Å²) in [6.07, 6.45) is 2.56. The van der Waals surface area contributed by atoms with Gasteiger partial charge in [-0.25, -0.2) is 4.98 Å². The lowest BCUT2D eigenvalue weighted by molar-refractivity contribution is -0.117. The van der Waals surface area contributed by atoms with Crippen molar-refractivity contribution < 1.29 is 4.79 Å². The molecule has 3 N–H and O–H groups in total. The summed E-state index contributed by atoms with van der Waals surface area (Å²) in [6.45, 7) is 2.07. The molecule has 1 aliphatic carbocycles. The van der Waals surface area contributed by atoms with Gasteiger partial charge in [-0.1, -0.05) is 6.92 Å². The summed E-state index contributed by atoms with van der Waals surface area (Å²) in [6, 6.07) is 3.43. The number of nitrogens with two attached hydrogens (primary N) is 1. The summed E-state index contributed by atoms with van der Waals surface area (Å²) in [4.78, 5) is 15.4. The highest BCUT2D eigenvalue weighted by Crippen LogP contribution is 2.38. The Bertz CT molecular complexity index is 347. The number of hydrogen-bond acceptors (Lipinski definition) is 3. The van der Waals surface area contributed by atoms with E-state index in [0.29, 0.717) is 17.4 Å². The average molecular weight is 191 g/mol. The first-order valence-electron chi connectivity index (χ1n) is 4.69. The second kappa shape index (κ2) is 3.29. The van der Waals surface area contributed by atoms with E-state index in [1.54, 1.807) is 18.3 Å². The molecule has 14 heavy (non-hydrogen) atoms. The van der Waals surface area contributed by atoms with Crippen LogP contribution in [0.3, 0.4) is 0 Å². The molecule has 0 bridgehead atoms. The number of rotatable bonds is 2. The monoisotopic (exact) mass is 191 g/mol. The van der Waals surface area contributed by atoms with E-state index in [9.17, 15) is 4.79 Å². The summed E-state index contributed by atoms with van der Waals surface area (Å²) in [5, 5.41) is 2.80. The Labute approximate surface area is 82.5 Å². The van der Waals surface area contributed by atoms with Crippen molar-refractivity contribution >= 4 is 17.4 Å². The standard InChI is InChI=1S/C10H13N3O/c1-6-4-8(6)10(14)13-7-2-3-9(11)12-5-7/h2-3,5-6,8H,4H2,1H3,(H2,11,12)(H,13,14). The molecule has 74 valence electrons. The first-order valence-corrected chi connectivity index (χ1v) is 4.69. The molecule has 2 unspecified atom stereocenters. The van der Waals surface area contributed by atoms with Crippen LogP contribution >= 0.6 is 0 Å². The normalized spacial score (nSPS) is 24.4. The van der Waals surface area contributed by atoms with Crippen LogP contribution in [-0.2, 0) is 4.79 Å². The molecule has 0 aliphatic heterocycles. The van der Waals surface area contributed by atoms with E-state index in [0.717, 1.165) is 6.42 Å². The molecule has 1 aliphatic rings. The third-order valence-electron chi connectivity index (χ3n) is 2.50. The van der Waals surface area contributed by atoms with Gasteiger partial charge in [-0.15, -0.1) is 0 Å². The van der Waals surface area contributed by atoms with Crippen molar-refractivity contribution in [3.05, 3.63) is 18.3 Å². The molecule has 2 rings (SSSR count). The number of nitrogens with zero attached hydrogens (tertiary/aromatic N) is 1. The van der Waals surface area contributed by atoms with Crippen LogP contribution in [0, 0.1) is 11.8 Å². The number of anilines is 2. The van der Waals surface area contributed by atoms with Crippen LogP contribution in [0.1, 0.15) is 13.3 Å². The number of carbonyl (C=O) groups excluding carboxylic acids is 1. The number of amides is 1. The van der Waals surface area contributed by atoms with Gasteiger partial charge in [-0.05, 0) is 24.5 Å². The van der Waals surface area contributed by atoms with E-state index >= 15 is 0 Å². The third-order valence-corrected chi connectivity index (χ3v) is 2.50. The van der Waals surface area contributed by atoms with Gasteiger partial charge >= 0.3 is 0 Å². The maximum absolute atomic E-state index is 11.5. The zero-order valence-corrected chi connectivity index (χ0v) is 8.03. The molecule has 1 aromatic rings. The highest BCUT2D eigenvalue weighted by atomic mass is 16.2. The summed E-state index contributed by atoms with van der Waals surface area (Å²) in [5.41, 5.74) is 6.14. The van der Waals surface area contributed by atoms with Gasteiger partial charge in [0.15, 0.2) is 0 Å². The minimum absolute atomic E-state index is 0.0871. The van der Waals surface area contributed by atoms with Crippen LogP contribution in [-0.4, -0.2) is 10.9 Å². The fourth-order valence-corrected chi connectivity index (χ4v) is 1.40. The number of aromatic nitrogens is 1. The highest BCUT2D eigenvalue weighted by Gasteiger charge is 2.38. The quantitative estimate of drug-likeness (QED) is 0.739. The number of carbonyl (C=O) groups is 1. The second-order valence-electron chi connectivity index (χ2n) is 3.78. The van der Waals surface area contributed by atoms with Crippen molar-refractivity contribution in [2.75, 3.05) is 11.1 Å². The zero-order chi connectivity index (χ0) is 10.1. The highest BCUT2D eigenvalue weighted by molar-refractivity contribution is 5.94. The predicted octanol–water partition coefficient (Wildman–Crippen LogP) is 1.26. The summed E-state index contributed by atoms with van der Waals surface area (Å²) in [5.74, 6) is 1.26.